The van der Waals surface area contributed by atoms with Gasteiger partial charge in [-0.05, 0) is 6.92 Å². The minimum Gasteiger partial charge on any atom is -0.257 e. The molecular weight excluding hydrogens is 184 g/mol. The van der Waals surface area contributed by atoms with E-state index in [-0.39, 0.29) is 0 Å². The van der Waals surface area contributed by atoms with Gasteiger partial charge in [-0.15, -0.1) is 0 Å². The highest BCUT2D eigenvalue weighted by molar-refractivity contribution is 7.69. The SMILES string of the molecule is Cc1ccc(C(C#N)=S=NO)cc1. The molecule has 0 aromatic heterocycles. The molecular formula is C9H8N2OS. The van der Waals surface area contributed by atoms with Crippen molar-refractivity contribution in [3.63, 3.8) is 0 Å². The van der Waals surface area contributed by atoms with Crippen molar-refractivity contribution in [2.75, 3.05) is 0 Å². The molecule has 0 spiro atoms. The average Bonchev–Trinajstić information content (AvgIpc) is 2.16. The lowest BCUT2D eigenvalue weighted by molar-refractivity contribution is 0.330. The topological polar surface area (TPSA) is 56.4 Å². The first kappa shape index (κ1) is 9.65. The Morgan fingerprint density at radius 1 is 1.46 bits per heavy atom. The van der Waals surface area contributed by atoms with Gasteiger partial charge in [-0.1, -0.05) is 34.4 Å². The molecule has 0 atom stereocenters. The van der Waals surface area contributed by atoms with Crippen LogP contribution in [0.4, 0.5) is 0 Å². The minimum atomic E-state index is 0.391. The van der Waals surface area contributed by atoms with Crippen LogP contribution in [0.25, 0.3) is 0 Å². The number of nitriles is 1. The first-order valence-corrected chi connectivity index (χ1v) is 4.41. The molecule has 4 heteroatoms. The number of aryl methyl sites for hydroxylation is 1. The van der Waals surface area contributed by atoms with Crippen molar-refractivity contribution in [1.82, 2.24) is 0 Å². The normalized spacial score (nSPS) is 8.69. The summed E-state index contributed by atoms with van der Waals surface area (Å²) < 4.78 is 2.86. The van der Waals surface area contributed by atoms with Gasteiger partial charge in [0.25, 0.3) is 0 Å². The van der Waals surface area contributed by atoms with Gasteiger partial charge in [0.1, 0.15) is 10.9 Å². The Bertz CT molecular complexity index is 397. The third-order valence-corrected chi connectivity index (χ3v) is 2.14. The zero-order valence-corrected chi connectivity index (χ0v) is 7.88. The van der Waals surface area contributed by atoms with E-state index in [9.17, 15) is 0 Å². The molecule has 66 valence electrons. The second-order valence-corrected chi connectivity index (χ2v) is 3.23. The summed E-state index contributed by atoms with van der Waals surface area (Å²) in [7, 11) is 0. The maximum absolute atomic E-state index is 8.70. The van der Waals surface area contributed by atoms with E-state index in [4.69, 9.17) is 10.5 Å². The van der Waals surface area contributed by atoms with Crippen LogP contribution < -0.4 is 0 Å². The molecule has 0 amide bonds. The fourth-order valence-corrected chi connectivity index (χ4v) is 1.25. The van der Waals surface area contributed by atoms with Crippen molar-refractivity contribution < 1.29 is 5.21 Å². The number of hydrogen-bond acceptors (Lipinski definition) is 2. The molecule has 1 aromatic rings. The van der Waals surface area contributed by atoms with Gasteiger partial charge in [-0.2, -0.15) is 5.26 Å². The van der Waals surface area contributed by atoms with Crippen LogP contribution in [-0.4, -0.2) is 10.1 Å². The monoisotopic (exact) mass is 192 g/mol. The maximum Gasteiger partial charge on any atom is 0.133 e. The second kappa shape index (κ2) is 4.55. The fraction of sp³-hybridized carbons (Fsp3) is 0.111. The van der Waals surface area contributed by atoms with E-state index in [2.05, 4.69) is 4.53 Å². The first-order valence-electron chi connectivity index (χ1n) is 3.63. The highest BCUT2D eigenvalue weighted by Gasteiger charge is 1.98. The molecule has 0 unspecified atom stereocenters. The lowest BCUT2D eigenvalue weighted by Crippen LogP contribution is -1.95. The Morgan fingerprint density at radius 2 is 2.08 bits per heavy atom. The molecule has 0 bridgehead atoms. The van der Waals surface area contributed by atoms with Crippen LogP contribution in [0.1, 0.15) is 11.1 Å². The van der Waals surface area contributed by atoms with Gasteiger partial charge in [0.05, 0.1) is 0 Å². The molecule has 0 saturated heterocycles. The van der Waals surface area contributed by atoms with E-state index in [0.29, 0.717) is 4.86 Å². The standard InChI is InChI=1S/C9H8N2OS/c1-7-2-4-8(5-3-7)9(6-10)13-11-12/h2-5,12H,1H3. The van der Waals surface area contributed by atoms with Crippen molar-refractivity contribution in [1.29, 1.82) is 5.26 Å². The minimum absolute atomic E-state index is 0.391. The molecule has 0 aliphatic heterocycles. The van der Waals surface area contributed by atoms with Gasteiger partial charge in [-0.3, -0.25) is 5.21 Å². The van der Waals surface area contributed by atoms with Gasteiger partial charge in [-0.25, -0.2) is 0 Å². The van der Waals surface area contributed by atoms with Crippen LogP contribution in [-0.2, 0) is 11.1 Å². The summed E-state index contributed by atoms with van der Waals surface area (Å²) in [5, 5.41) is 17.0. The molecule has 0 fully saturated rings. The van der Waals surface area contributed by atoms with E-state index in [1.807, 2.05) is 37.3 Å². The average molecular weight is 192 g/mol. The van der Waals surface area contributed by atoms with Crippen molar-refractivity contribution in [3.8, 4) is 6.07 Å². The molecule has 0 saturated carbocycles. The molecule has 1 N–H and O–H groups in total. The summed E-state index contributed by atoms with van der Waals surface area (Å²) in [6, 6.07) is 9.43. The van der Waals surface area contributed by atoms with E-state index in [1.165, 1.54) is 0 Å². The Labute approximate surface area is 79.9 Å². The van der Waals surface area contributed by atoms with Gasteiger partial charge in [0.2, 0.25) is 0 Å². The molecule has 1 rings (SSSR count). The first-order chi connectivity index (χ1) is 6.27. The van der Waals surface area contributed by atoms with Crippen LogP contribution >= 0.6 is 0 Å². The van der Waals surface area contributed by atoms with E-state index in [0.717, 1.165) is 22.3 Å². The summed E-state index contributed by atoms with van der Waals surface area (Å²) in [4.78, 5) is 0.391. The number of benzene rings is 1. The van der Waals surface area contributed by atoms with Crippen LogP contribution in [0.2, 0.25) is 0 Å². The largest absolute Gasteiger partial charge is 0.257 e. The number of rotatable bonds is 1. The Morgan fingerprint density at radius 3 is 2.54 bits per heavy atom. The van der Waals surface area contributed by atoms with Crippen LogP contribution in [0, 0.1) is 18.3 Å². The van der Waals surface area contributed by atoms with Crippen molar-refractivity contribution in [3.05, 3.63) is 35.4 Å². The Kier molecular flexibility index (Phi) is 3.38. The molecule has 0 aliphatic carbocycles. The highest BCUT2D eigenvalue weighted by atomic mass is 32.1. The smallest absolute Gasteiger partial charge is 0.133 e. The summed E-state index contributed by atoms with van der Waals surface area (Å²) in [6.45, 7) is 1.97. The van der Waals surface area contributed by atoms with Crippen molar-refractivity contribution in [2.45, 2.75) is 6.92 Å². The summed E-state index contributed by atoms with van der Waals surface area (Å²) in [5.41, 5.74) is 1.91. The molecule has 0 radical (unpaired) electrons. The van der Waals surface area contributed by atoms with E-state index >= 15 is 0 Å². The molecule has 13 heavy (non-hydrogen) atoms. The van der Waals surface area contributed by atoms with Gasteiger partial charge in [0.15, 0.2) is 0 Å². The zero-order chi connectivity index (χ0) is 9.68. The number of hydrogen-bond donors (Lipinski definition) is 1. The van der Waals surface area contributed by atoms with Crippen molar-refractivity contribution in [2.24, 2.45) is 4.53 Å². The van der Waals surface area contributed by atoms with Gasteiger partial charge >= 0.3 is 0 Å². The maximum atomic E-state index is 8.70. The molecule has 1 aromatic carbocycles. The van der Waals surface area contributed by atoms with Crippen LogP contribution in [0.5, 0.6) is 0 Å². The number of nitrogens with zero attached hydrogens (tertiary/aromatic N) is 2. The quantitative estimate of drug-likeness (QED) is 0.418. The summed E-state index contributed by atoms with van der Waals surface area (Å²) in [5.74, 6) is 0. The van der Waals surface area contributed by atoms with Crippen LogP contribution in [0.3, 0.4) is 0 Å². The summed E-state index contributed by atoms with van der Waals surface area (Å²) >= 11 is 0.771. The highest BCUT2D eigenvalue weighted by Crippen LogP contribution is 2.03. The van der Waals surface area contributed by atoms with Crippen molar-refractivity contribution >= 4 is 16.0 Å². The van der Waals surface area contributed by atoms with Crippen LogP contribution in [0.15, 0.2) is 28.8 Å². The zero-order valence-electron chi connectivity index (χ0n) is 7.06. The van der Waals surface area contributed by atoms with E-state index < -0.39 is 0 Å². The molecule has 0 heterocycles. The molecule has 0 aliphatic rings. The lowest BCUT2D eigenvalue weighted by Gasteiger charge is -1.95. The van der Waals surface area contributed by atoms with E-state index in [1.54, 1.807) is 0 Å². The third kappa shape index (κ3) is 2.51. The Hall–Kier alpha value is -1.44. The van der Waals surface area contributed by atoms with Gasteiger partial charge in [0, 0.05) is 16.7 Å². The Balaban J connectivity index is 3.16. The third-order valence-electron chi connectivity index (χ3n) is 1.55. The molecule has 3 nitrogen and oxygen atoms in total. The predicted molar refractivity (Wildman–Crippen MR) is 52.5 cm³/mol. The van der Waals surface area contributed by atoms with Gasteiger partial charge < -0.3 is 0 Å². The lowest BCUT2D eigenvalue weighted by atomic mass is 10.1. The summed E-state index contributed by atoms with van der Waals surface area (Å²) in [6.07, 6.45) is 0. The fourth-order valence-electron chi connectivity index (χ4n) is 0.883. The second-order valence-electron chi connectivity index (χ2n) is 2.48. The predicted octanol–water partition coefficient (Wildman–Crippen LogP) is 1.69.